The maximum atomic E-state index is 2.82. The van der Waals surface area contributed by atoms with E-state index in [1.807, 2.05) is 0 Å². The predicted octanol–water partition coefficient (Wildman–Crippen LogP) is 8.13. The highest BCUT2D eigenvalue weighted by Crippen LogP contribution is 2.60. The molecule has 3 heterocycles. The fourth-order valence-electron chi connectivity index (χ4n) is 7.46. The van der Waals surface area contributed by atoms with Crippen LogP contribution >= 0.6 is 0 Å². The largest absolute Gasteiger partial charge is 0.362 e. The van der Waals surface area contributed by atoms with Crippen molar-refractivity contribution in [2.75, 3.05) is 4.90 Å². The molecule has 3 aromatic carbocycles. The number of hydrogen-bond donors (Lipinski definition) is 0. The van der Waals surface area contributed by atoms with Gasteiger partial charge in [-0.25, -0.2) is 0 Å². The van der Waals surface area contributed by atoms with Gasteiger partial charge in [0.1, 0.15) is 0 Å². The third-order valence-electron chi connectivity index (χ3n) is 10.1. The van der Waals surface area contributed by atoms with Crippen molar-refractivity contribution in [3.63, 3.8) is 0 Å². The van der Waals surface area contributed by atoms with Crippen LogP contribution in [0.4, 0.5) is 5.69 Å². The average molecular weight is 437 g/mol. The van der Waals surface area contributed by atoms with Gasteiger partial charge in [0.15, 0.2) is 0 Å². The third-order valence-corrected chi connectivity index (χ3v) is 10.1. The first kappa shape index (κ1) is 20.8. The standard InChI is InChI=1S/C31H36N2/c1-20-18-29-26(25-14-10-11-15-27(25)32(29)24-12-8-7-9-13-24)19-28(20)33-23(4)30(5)16-17-31(33,6)22(3)21(30)2/h7-15,18-19,21-23H,16-17H2,1-6H3/t21?,22?,23-,30?,31?/m0/s1. The van der Waals surface area contributed by atoms with Gasteiger partial charge in [-0.3, -0.25) is 0 Å². The van der Waals surface area contributed by atoms with Gasteiger partial charge < -0.3 is 9.47 Å². The lowest BCUT2D eigenvalue weighted by molar-refractivity contribution is -0.0524. The molecular weight excluding hydrogens is 400 g/mol. The first-order valence-electron chi connectivity index (χ1n) is 12.7. The summed E-state index contributed by atoms with van der Waals surface area (Å²) in [5.74, 6) is 1.42. The van der Waals surface area contributed by atoms with Crippen molar-refractivity contribution >= 4 is 27.5 Å². The van der Waals surface area contributed by atoms with E-state index in [1.54, 1.807) is 0 Å². The number of anilines is 1. The van der Waals surface area contributed by atoms with Gasteiger partial charge in [0.05, 0.1) is 11.0 Å². The van der Waals surface area contributed by atoms with E-state index in [2.05, 4.69) is 118 Å². The molecule has 5 atom stereocenters. The average Bonchev–Trinajstić information content (AvgIpc) is 3.13. The fourth-order valence-corrected chi connectivity index (χ4v) is 7.46. The highest BCUT2D eigenvalue weighted by Gasteiger charge is 2.60. The van der Waals surface area contributed by atoms with Gasteiger partial charge in [0.2, 0.25) is 0 Å². The van der Waals surface area contributed by atoms with Crippen LogP contribution < -0.4 is 4.90 Å². The normalized spacial score (nSPS) is 31.6. The first-order valence-corrected chi connectivity index (χ1v) is 12.7. The Hall–Kier alpha value is -2.74. The molecular formula is C31H36N2. The quantitative estimate of drug-likeness (QED) is 0.308. The van der Waals surface area contributed by atoms with Gasteiger partial charge in [0.25, 0.3) is 0 Å². The predicted molar refractivity (Wildman–Crippen MR) is 142 cm³/mol. The SMILES string of the molecule is Cc1cc2c(cc1N1[C@@H](C)C3(C)CCC1(C)C(C)C3C)c1ccccc1n2-c1ccccc1. The Morgan fingerprint density at radius 2 is 1.45 bits per heavy atom. The molecule has 2 heteroatoms. The summed E-state index contributed by atoms with van der Waals surface area (Å²) in [6, 6.07) is 25.1. The van der Waals surface area contributed by atoms with Crippen molar-refractivity contribution in [2.24, 2.45) is 17.3 Å². The zero-order chi connectivity index (χ0) is 23.1. The van der Waals surface area contributed by atoms with E-state index >= 15 is 0 Å². The molecule has 0 spiro atoms. The minimum Gasteiger partial charge on any atom is -0.362 e. The molecule has 1 aromatic heterocycles. The molecule has 2 nitrogen and oxygen atoms in total. The summed E-state index contributed by atoms with van der Waals surface area (Å²) in [5, 5.41) is 2.70. The number of rotatable bonds is 2. The number of benzene rings is 3. The van der Waals surface area contributed by atoms with Crippen LogP contribution in [0.3, 0.4) is 0 Å². The summed E-state index contributed by atoms with van der Waals surface area (Å²) < 4.78 is 2.43. The Labute approximate surface area is 198 Å². The van der Waals surface area contributed by atoms with Crippen LogP contribution in [0.5, 0.6) is 0 Å². The molecule has 33 heavy (non-hydrogen) atoms. The summed E-state index contributed by atoms with van der Waals surface area (Å²) in [4.78, 5) is 2.82. The maximum Gasteiger partial charge on any atom is 0.0545 e. The topological polar surface area (TPSA) is 8.17 Å². The highest BCUT2D eigenvalue weighted by molar-refractivity contribution is 6.10. The molecule has 7 rings (SSSR count). The molecule has 0 amide bonds. The number of aryl methyl sites for hydroxylation is 1. The second-order valence-corrected chi connectivity index (χ2v) is 11.3. The van der Waals surface area contributed by atoms with Crippen molar-refractivity contribution in [1.29, 1.82) is 0 Å². The monoisotopic (exact) mass is 436 g/mol. The molecule has 1 aliphatic carbocycles. The lowest BCUT2D eigenvalue weighted by Crippen LogP contribution is -2.72. The molecule has 2 bridgehead atoms. The number of hydrogen-bond acceptors (Lipinski definition) is 1. The van der Waals surface area contributed by atoms with Crippen molar-refractivity contribution in [2.45, 2.75) is 66.0 Å². The molecule has 0 N–H and O–H groups in total. The molecule has 2 aliphatic heterocycles. The summed E-state index contributed by atoms with van der Waals surface area (Å²) in [7, 11) is 0. The summed E-state index contributed by atoms with van der Waals surface area (Å²) in [6.45, 7) is 14.9. The molecule has 1 saturated carbocycles. The van der Waals surface area contributed by atoms with Gasteiger partial charge in [-0.2, -0.15) is 0 Å². The Balaban J connectivity index is 1.62. The van der Waals surface area contributed by atoms with E-state index in [1.165, 1.54) is 51.6 Å². The lowest BCUT2D eigenvalue weighted by Gasteiger charge is -2.68. The number of para-hydroxylation sites is 2. The zero-order valence-corrected chi connectivity index (χ0v) is 20.9. The van der Waals surface area contributed by atoms with Crippen LogP contribution in [-0.2, 0) is 0 Å². The Bertz CT molecular complexity index is 1370. The van der Waals surface area contributed by atoms with E-state index in [0.717, 1.165) is 5.92 Å². The van der Waals surface area contributed by atoms with E-state index in [9.17, 15) is 0 Å². The summed E-state index contributed by atoms with van der Waals surface area (Å²) in [5.41, 5.74) is 7.18. The highest BCUT2D eigenvalue weighted by atomic mass is 15.3. The van der Waals surface area contributed by atoms with Crippen molar-refractivity contribution in [3.05, 3.63) is 72.3 Å². The number of aromatic nitrogens is 1. The third kappa shape index (κ3) is 2.61. The minimum atomic E-state index is 0.201. The molecule has 2 saturated heterocycles. The molecule has 170 valence electrons. The van der Waals surface area contributed by atoms with Crippen LogP contribution in [0, 0.1) is 24.2 Å². The second kappa shape index (κ2) is 6.88. The van der Waals surface area contributed by atoms with Crippen LogP contribution in [0.1, 0.15) is 53.0 Å². The molecule has 4 aromatic rings. The number of nitrogens with zero attached hydrogens (tertiary/aromatic N) is 2. The zero-order valence-electron chi connectivity index (χ0n) is 20.9. The molecule has 4 unspecified atom stereocenters. The van der Waals surface area contributed by atoms with Gasteiger partial charge >= 0.3 is 0 Å². The van der Waals surface area contributed by atoms with E-state index in [0.29, 0.717) is 17.4 Å². The number of piperidine rings is 2. The van der Waals surface area contributed by atoms with Crippen molar-refractivity contribution in [3.8, 4) is 5.69 Å². The van der Waals surface area contributed by atoms with E-state index in [-0.39, 0.29) is 5.54 Å². The van der Waals surface area contributed by atoms with Gasteiger partial charge in [-0.15, -0.1) is 0 Å². The van der Waals surface area contributed by atoms with Gasteiger partial charge in [-0.1, -0.05) is 57.2 Å². The summed E-state index contributed by atoms with van der Waals surface area (Å²) >= 11 is 0. The van der Waals surface area contributed by atoms with Crippen LogP contribution in [0.2, 0.25) is 0 Å². The van der Waals surface area contributed by atoms with Gasteiger partial charge in [0, 0.05) is 33.7 Å². The van der Waals surface area contributed by atoms with Gasteiger partial charge in [-0.05, 0) is 86.8 Å². The molecule has 3 aliphatic rings. The van der Waals surface area contributed by atoms with Crippen LogP contribution in [0.15, 0.2) is 66.7 Å². The van der Waals surface area contributed by atoms with Crippen molar-refractivity contribution in [1.82, 2.24) is 4.57 Å². The second-order valence-electron chi connectivity index (χ2n) is 11.3. The maximum absolute atomic E-state index is 2.82. The van der Waals surface area contributed by atoms with Crippen molar-refractivity contribution < 1.29 is 0 Å². The minimum absolute atomic E-state index is 0.201. The van der Waals surface area contributed by atoms with Crippen LogP contribution in [-0.4, -0.2) is 16.1 Å². The Morgan fingerprint density at radius 1 is 0.758 bits per heavy atom. The van der Waals surface area contributed by atoms with E-state index in [4.69, 9.17) is 0 Å². The smallest absolute Gasteiger partial charge is 0.0545 e. The Morgan fingerprint density at radius 3 is 2.21 bits per heavy atom. The van der Waals surface area contributed by atoms with E-state index < -0.39 is 0 Å². The fraction of sp³-hybridized carbons (Fsp3) is 0.419. The lowest BCUT2D eigenvalue weighted by atomic mass is 9.50. The molecule has 0 radical (unpaired) electrons. The summed E-state index contributed by atoms with van der Waals surface area (Å²) in [6.07, 6.45) is 2.61. The number of fused-ring (bicyclic) bond motifs is 6. The Kier molecular flexibility index (Phi) is 4.35. The first-order chi connectivity index (χ1) is 15.8. The molecule has 3 fully saturated rings. The van der Waals surface area contributed by atoms with Crippen LogP contribution in [0.25, 0.3) is 27.5 Å².